The summed E-state index contributed by atoms with van der Waals surface area (Å²) in [5.41, 5.74) is 2.29. The van der Waals surface area contributed by atoms with Gasteiger partial charge in [0.25, 0.3) is 0 Å². The maximum Gasteiger partial charge on any atom is 0.244 e. The molecule has 0 radical (unpaired) electrons. The summed E-state index contributed by atoms with van der Waals surface area (Å²) in [6.45, 7) is 7.28. The van der Waals surface area contributed by atoms with Gasteiger partial charge in [-0.05, 0) is 50.5 Å². The molecule has 0 aliphatic heterocycles. The van der Waals surface area contributed by atoms with Crippen molar-refractivity contribution in [3.05, 3.63) is 65.7 Å². The fourth-order valence-electron chi connectivity index (χ4n) is 3.23. The van der Waals surface area contributed by atoms with E-state index in [1.54, 1.807) is 37.3 Å². The van der Waals surface area contributed by atoms with Crippen molar-refractivity contribution < 1.29 is 18.0 Å². The molecule has 2 aromatic carbocycles. The van der Waals surface area contributed by atoms with Crippen LogP contribution < -0.4 is 9.62 Å². The van der Waals surface area contributed by atoms with Crippen LogP contribution in [0.4, 0.5) is 5.69 Å². The first kappa shape index (κ1) is 25.4. The molecule has 1 N–H and O–H groups in total. The molecule has 7 nitrogen and oxygen atoms in total. The van der Waals surface area contributed by atoms with E-state index in [4.69, 9.17) is 0 Å². The lowest BCUT2D eigenvalue weighted by atomic mass is 10.1. The Morgan fingerprint density at radius 3 is 2.16 bits per heavy atom. The highest BCUT2D eigenvalue weighted by Gasteiger charge is 2.30. The monoisotopic (exact) mass is 459 g/mol. The first-order chi connectivity index (χ1) is 15.0. The topological polar surface area (TPSA) is 86.8 Å². The Morgan fingerprint density at radius 1 is 1.00 bits per heavy atom. The highest BCUT2D eigenvalue weighted by atomic mass is 32.2. The second kappa shape index (κ2) is 11.1. The summed E-state index contributed by atoms with van der Waals surface area (Å²) in [7, 11) is -3.71. The first-order valence-electron chi connectivity index (χ1n) is 10.7. The van der Waals surface area contributed by atoms with Gasteiger partial charge in [-0.25, -0.2) is 8.42 Å². The van der Waals surface area contributed by atoms with Gasteiger partial charge in [0.15, 0.2) is 0 Å². The van der Waals surface area contributed by atoms with Gasteiger partial charge in [0.1, 0.15) is 12.6 Å². The lowest BCUT2D eigenvalue weighted by Gasteiger charge is -2.32. The van der Waals surface area contributed by atoms with E-state index >= 15 is 0 Å². The zero-order valence-electron chi connectivity index (χ0n) is 19.4. The molecule has 0 aliphatic rings. The number of para-hydroxylation sites is 1. The van der Waals surface area contributed by atoms with Gasteiger partial charge in [-0.3, -0.25) is 13.9 Å². The van der Waals surface area contributed by atoms with Crippen molar-refractivity contribution in [2.24, 2.45) is 0 Å². The fraction of sp³-hybridized carbons (Fsp3) is 0.417. The first-order valence-corrected chi connectivity index (χ1v) is 12.6. The van der Waals surface area contributed by atoms with Gasteiger partial charge in [-0.15, -0.1) is 0 Å². The predicted molar refractivity (Wildman–Crippen MR) is 128 cm³/mol. The molecule has 8 heteroatoms. The molecule has 2 rings (SSSR count). The Hall–Kier alpha value is -2.87. The molecular weight excluding hydrogens is 426 g/mol. The molecule has 0 saturated heterocycles. The Labute approximate surface area is 191 Å². The second-order valence-electron chi connectivity index (χ2n) is 8.05. The van der Waals surface area contributed by atoms with Crippen LogP contribution in [-0.4, -0.2) is 50.0 Å². The number of rotatable bonds is 10. The third-order valence-electron chi connectivity index (χ3n) is 5.49. The van der Waals surface area contributed by atoms with E-state index in [9.17, 15) is 18.0 Å². The van der Waals surface area contributed by atoms with Gasteiger partial charge in [-0.1, -0.05) is 49.4 Å². The van der Waals surface area contributed by atoms with Crippen molar-refractivity contribution in [2.45, 2.75) is 52.7 Å². The molecule has 0 heterocycles. The van der Waals surface area contributed by atoms with Gasteiger partial charge >= 0.3 is 0 Å². The van der Waals surface area contributed by atoms with E-state index in [-0.39, 0.29) is 18.5 Å². The number of sulfonamides is 1. The summed E-state index contributed by atoms with van der Waals surface area (Å²) >= 11 is 0. The second-order valence-corrected chi connectivity index (χ2v) is 9.95. The van der Waals surface area contributed by atoms with Gasteiger partial charge in [0.2, 0.25) is 21.8 Å². The molecule has 174 valence electrons. The highest BCUT2D eigenvalue weighted by molar-refractivity contribution is 7.92. The van der Waals surface area contributed by atoms with Gasteiger partial charge in [0, 0.05) is 12.6 Å². The molecule has 2 aromatic rings. The number of aryl methyl sites for hydroxylation is 1. The Bertz CT molecular complexity index is 1020. The largest absolute Gasteiger partial charge is 0.352 e. The number of nitrogens with one attached hydrogen (secondary N) is 1. The summed E-state index contributed by atoms with van der Waals surface area (Å²) < 4.78 is 26.0. The molecule has 2 unspecified atom stereocenters. The zero-order chi connectivity index (χ0) is 23.9. The van der Waals surface area contributed by atoms with Crippen LogP contribution in [0.5, 0.6) is 0 Å². The number of hydrogen-bond acceptors (Lipinski definition) is 4. The average Bonchev–Trinajstić information content (AvgIpc) is 2.75. The van der Waals surface area contributed by atoms with E-state index < -0.39 is 28.5 Å². The van der Waals surface area contributed by atoms with Crippen LogP contribution in [-0.2, 0) is 26.2 Å². The molecule has 2 atom stereocenters. The van der Waals surface area contributed by atoms with E-state index in [1.807, 2.05) is 45.0 Å². The van der Waals surface area contributed by atoms with Crippen LogP contribution >= 0.6 is 0 Å². The molecule has 0 aliphatic carbocycles. The fourth-order valence-corrected chi connectivity index (χ4v) is 4.08. The summed E-state index contributed by atoms with van der Waals surface area (Å²) in [5.74, 6) is -0.721. The summed E-state index contributed by atoms with van der Waals surface area (Å²) in [4.78, 5) is 27.7. The number of amides is 2. The number of carbonyl (C=O) groups is 2. The maximum absolute atomic E-state index is 13.4. The third-order valence-corrected chi connectivity index (χ3v) is 6.63. The van der Waals surface area contributed by atoms with Crippen LogP contribution in [0.25, 0.3) is 0 Å². The van der Waals surface area contributed by atoms with Crippen molar-refractivity contribution in [3.8, 4) is 0 Å². The molecule has 0 spiro atoms. The number of hydrogen-bond donors (Lipinski definition) is 1. The van der Waals surface area contributed by atoms with Crippen LogP contribution in [0.15, 0.2) is 54.6 Å². The molecule has 2 amide bonds. The van der Waals surface area contributed by atoms with E-state index in [0.29, 0.717) is 5.69 Å². The minimum atomic E-state index is -3.71. The summed E-state index contributed by atoms with van der Waals surface area (Å²) in [6, 6.07) is 15.3. The van der Waals surface area contributed by atoms with Crippen LogP contribution in [0.3, 0.4) is 0 Å². The van der Waals surface area contributed by atoms with Crippen molar-refractivity contribution in [1.29, 1.82) is 0 Å². The normalized spacial score (nSPS) is 13.2. The lowest BCUT2D eigenvalue weighted by Crippen LogP contribution is -2.52. The van der Waals surface area contributed by atoms with Crippen molar-refractivity contribution in [3.63, 3.8) is 0 Å². The Kier molecular flexibility index (Phi) is 8.83. The van der Waals surface area contributed by atoms with Crippen LogP contribution in [0.1, 0.15) is 38.3 Å². The van der Waals surface area contributed by atoms with Crippen molar-refractivity contribution in [2.75, 3.05) is 17.1 Å². The van der Waals surface area contributed by atoms with Gasteiger partial charge in [0.05, 0.1) is 11.9 Å². The molecule has 0 fully saturated rings. The van der Waals surface area contributed by atoms with E-state index in [2.05, 4.69) is 5.32 Å². The Morgan fingerprint density at radius 2 is 1.59 bits per heavy atom. The van der Waals surface area contributed by atoms with Crippen LogP contribution in [0.2, 0.25) is 0 Å². The summed E-state index contributed by atoms with van der Waals surface area (Å²) in [6.07, 6.45) is 1.83. The number of carbonyl (C=O) groups excluding carboxylic acids is 2. The van der Waals surface area contributed by atoms with Crippen molar-refractivity contribution >= 4 is 27.5 Å². The SMILES string of the molecule is CCC(C)NC(=O)C(C)N(Cc1ccccc1C)C(=O)CN(c1ccccc1)S(C)(=O)=O. The quantitative estimate of drug-likeness (QED) is 0.592. The number of benzene rings is 2. The number of anilines is 1. The minimum absolute atomic E-state index is 0.0304. The van der Waals surface area contributed by atoms with Gasteiger partial charge < -0.3 is 10.2 Å². The number of nitrogens with zero attached hydrogens (tertiary/aromatic N) is 2. The van der Waals surface area contributed by atoms with Crippen molar-refractivity contribution in [1.82, 2.24) is 10.2 Å². The van der Waals surface area contributed by atoms with Crippen LogP contribution in [0, 0.1) is 6.92 Å². The highest BCUT2D eigenvalue weighted by Crippen LogP contribution is 2.19. The van der Waals surface area contributed by atoms with E-state index in [1.165, 1.54) is 4.90 Å². The molecule has 0 saturated carbocycles. The predicted octanol–water partition coefficient (Wildman–Crippen LogP) is 3.09. The molecular formula is C24H33N3O4S. The zero-order valence-corrected chi connectivity index (χ0v) is 20.2. The third kappa shape index (κ3) is 6.82. The molecule has 0 aromatic heterocycles. The average molecular weight is 460 g/mol. The molecule has 0 bridgehead atoms. The molecule has 32 heavy (non-hydrogen) atoms. The summed E-state index contributed by atoms with van der Waals surface area (Å²) in [5, 5.41) is 2.92. The maximum atomic E-state index is 13.4. The van der Waals surface area contributed by atoms with Gasteiger partial charge in [-0.2, -0.15) is 0 Å². The Balaban J connectivity index is 2.37. The van der Waals surface area contributed by atoms with E-state index in [0.717, 1.165) is 28.1 Å². The lowest BCUT2D eigenvalue weighted by molar-refractivity contribution is -0.139. The minimum Gasteiger partial charge on any atom is -0.352 e. The standard InChI is InChI=1S/C24H33N3O4S/c1-6-19(3)25-24(29)20(4)26(16-21-13-11-10-12-18(21)2)23(28)17-27(32(5,30)31)22-14-8-7-9-15-22/h7-15,19-20H,6,16-17H2,1-5H3,(H,25,29). The smallest absolute Gasteiger partial charge is 0.244 e.